The largest absolute Gasteiger partial charge is 0.529 e. The molecule has 0 aliphatic heterocycles. The molecule has 0 radical (unpaired) electrons. The Morgan fingerprint density at radius 2 is 1.93 bits per heavy atom. The average Bonchev–Trinajstić information content (AvgIpc) is 2.19. The van der Waals surface area contributed by atoms with Crippen molar-refractivity contribution in [3.05, 3.63) is 11.8 Å². The van der Waals surface area contributed by atoms with Gasteiger partial charge in [0.05, 0.1) is 13.2 Å². The van der Waals surface area contributed by atoms with Crippen molar-refractivity contribution in [2.75, 3.05) is 13.2 Å². The monoisotopic (exact) mass is 234 g/mol. The molecule has 1 rings (SSSR count). The third-order valence-electron chi connectivity index (χ3n) is 2.05. The van der Waals surface area contributed by atoms with Crippen LogP contribution in [0.1, 0.15) is 39.5 Å². The van der Waals surface area contributed by atoms with Crippen LogP contribution in [0.2, 0.25) is 0 Å². The number of hydrogen-bond donors (Lipinski definition) is 0. The van der Waals surface area contributed by atoms with Gasteiger partial charge in [0.2, 0.25) is 0 Å². The fraction of sp³-hybridized carbons (Fsp3) is 0.800. The minimum absolute atomic E-state index is 0.324. The Hall–Kier alpha value is -0.310. The molecule has 0 heterocycles. The van der Waals surface area contributed by atoms with E-state index < -0.39 is 7.82 Å². The second kappa shape index (κ2) is 6.31. The Labute approximate surface area is 91.2 Å². The highest BCUT2D eigenvalue weighted by Crippen LogP contribution is 2.52. The molecule has 1 aliphatic carbocycles. The molecule has 0 N–H and O–H groups in total. The van der Waals surface area contributed by atoms with Crippen molar-refractivity contribution in [2.24, 2.45) is 0 Å². The molecule has 88 valence electrons. The van der Waals surface area contributed by atoms with Gasteiger partial charge in [-0.25, -0.2) is 4.57 Å². The van der Waals surface area contributed by atoms with Gasteiger partial charge in [0.15, 0.2) is 0 Å². The lowest BCUT2D eigenvalue weighted by Crippen LogP contribution is -2.02. The second-order valence-corrected chi connectivity index (χ2v) is 4.88. The average molecular weight is 234 g/mol. The van der Waals surface area contributed by atoms with Crippen molar-refractivity contribution in [1.29, 1.82) is 0 Å². The lowest BCUT2D eigenvalue weighted by Gasteiger charge is -2.20. The van der Waals surface area contributed by atoms with Gasteiger partial charge < -0.3 is 4.52 Å². The molecule has 0 saturated carbocycles. The Kier molecular flexibility index (Phi) is 5.37. The fourth-order valence-electron chi connectivity index (χ4n) is 1.44. The Morgan fingerprint density at radius 3 is 2.40 bits per heavy atom. The van der Waals surface area contributed by atoms with Gasteiger partial charge in [-0.2, -0.15) is 0 Å². The Balaban J connectivity index is 2.56. The van der Waals surface area contributed by atoms with Crippen LogP contribution in [0.3, 0.4) is 0 Å². The molecule has 0 saturated heterocycles. The van der Waals surface area contributed by atoms with Crippen LogP contribution in [0.4, 0.5) is 0 Å². The fourth-order valence-corrected chi connectivity index (χ4v) is 2.71. The van der Waals surface area contributed by atoms with Gasteiger partial charge in [0.1, 0.15) is 5.76 Å². The SMILES string of the molecule is CCOP(=O)(OCC)OC1=CCCCC1. The second-order valence-electron chi connectivity index (χ2n) is 3.29. The van der Waals surface area contributed by atoms with Crippen LogP contribution >= 0.6 is 7.82 Å². The molecular weight excluding hydrogens is 215 g/mol. The van der Waals surface area contributed by atoms with Crippen molar-refractivity contribution in [3.63, 3.8) is 0 Å². The first-order valence-electron chi connectivity index (χ1n) is 5.48. The minimum Gasteiger partial charge on any atom is -0.409 e. The van der Waals surface area contributed by atoms with Crippen LogP contribution in [-0.2, 0) is 18.1 Å². The van der Waals surface area contributed by atoms with Gasteiger partial charge in [-0.05, 0) is 39.2 Å². The summed E-state index contributed by atoms with van der Waals surface area (Å²) in [6.07, 6.45) is 6.01. The van der Waals surface area contributed by atoms with Crippen molar-refractivity contribution in [1.82, 2.24) is 0 Å². The van der Waals surface area contributed by atoms with Gasteiger partial charge in [0.25, 0.3) is 0 Å². The molecule has 0 fully saturated rings. The smallest absolute Gasteiger partial charge is 0.409 e. The number of phosphoric ester groups is 1. The summed E-state index contributed by atoms with van der Waals surface area (Å²) in [5.41, 5.74) is 0. The van der Waals surface area contributed by atoms with Gasteiger partial charge >= 0.3 is 7.82 Å². The van der Waals surface area contributed by atoms with Crippen molar-refractivity contribution >= 4 is 7.82 Å². The third-order valence-corrected chi connectivity index (χ3v) is 3.66. The summed E-state index contributed by atoms with van der Waals surface area (Å²) < 4.78 is 27.4. The summed E-state index contributed by atoms with van der Waals surface area (Å²) in [4.78, 5) is 0. The molecule has 0 aromatic rings. The molecular formula is C10H19O4P. The summed E-state index contributed by atoms with van der Waals surface area (Å²) >= 11 is 0. The highest BCUT2D eigenvalue weighted by Gasteiger charge is 2.28. The maximum absolute atomic E-state index is 12.0. The summed E-state index contributed by atoms with van der Waals surface area (Å²) in [6, 6.07) is 0. The molecule has 15 heavy (non-hydrogen) atoms. The quantitative estimate of drug-likeness (QED) is 0.658. The first-order chi connectivity index (χ1) is 7.20. The van der Waals surface area contributed by atoms with Crippen molar-refractivity contribution < 1.29 is 18.1 Å². The van der Waals surface area contributed by atoms with E-state index in [4.69, 9.17) is 13.6 Å². The molecule has 0 spiro atoms. The topological polar surface area (TPSA) is 44.8 Å². The normalized spacial score (nSPS) is 17.3. The predicted octanol–water partition coefficient (Wildman–Crippen LogP) is 3.64. The molecule has 4 nitrogen and oxygen atoms in total. The minimum atomic E-state index is -3.36. The van der Waals surface area contributed by atoms with Crippen LogP contribution in [-0.4, -0.2) is 13.2 Å². The van der Waals surface area contributed by atoms with Crippen LogP contribution < -0.4 is 0 Å². The maximum atomic E-state index is 12.0. The van der Waals surface area contributed by atoms with Crippen molar-refractivity contribution in [3.8, 4) is 0 Å². The van der Waals surface area contributed by atoms with Crippen LogP contribution in [0, 0.1) is 0 Å². The summed E-state index contributed by atoms with van der Waals surface area (Å²) in [5, 5.41) is 0. The van der Waals surface area contributed by atoms with E-state index >= 15 is 0 Å². The molecule has 0 atom stereocenters. The molecule has 0 aromatic heterocycles. The maximum Gasteiger partial charge on any atom is 0.529 e. The van der Waals surface area contributed by atoms with E-state index in [9.17, 15) is 4.57 Å². The first-order valence-corrected chi connectivity index (χ1v) is 6.94. The van der Waals surface area contributed by atoms with E-state index in [1.165, 1.54) is 6.42 Å². The van der Waals surface area contributed by atoms with Crippen LogP contribution in [0.25, 0.3) is 0 Å². The lowest BCUT2D eigenvalue weighted by molar-refractivity contribution is 0.141. The lowest BCUT2D eigenvalue weighted by atomic mass is 10.1. The number of hydrogen-bond acceptors (Lipinski definition) is 4. The molecule has 1 aliphatic rings. The molecule has 0 amide bonds. The van der Waals surface area contributed by atoms with Crippen LogP contribution in [0.5, 0.6) is 0 Å². The van der Waals surface area contributed by atoms with Crippen molar-refractivity contribution in [2.45, 2.75) is 39.5 Å². The number of allylic oxidation sites excluding steroid dienone is 2. The molecule has 5 heteroatoms. The number of phosphoric acid groups is 1. The third kappa shape index (κ3) is 4.37. The van der Waals surface area contributed by atoms with Gasteiger partial charge in [-0.1, -0.05) is 0 Å². The van der Waals surface area contributed by atoms with E-state index in [0.29, 0.717) is 13.2 Å². The molecule has 0 bridgehead atoms. The first kappa shape index (κ1) is 12.8. The van der Waals surface area contributed by atoms with E-state index in [0.717, 1.165) is 25.0 Å². The summed E-state index contributed by atoms with van der Waals surface area (Å²) in [7, 11) is -3.36. The highest BCUT2D eigenvalue weighted by atomic mass is 31.2. The Bertz CT molecular complexity index is 252. The van der Waals surface area contributed by atoms with E-state index in [2.05, 4.69) is 0 Å². The Morgan fingerprint density at radius 1 is 1.27 bits per heavy atom. The van der Waals surface area contributed by atoms with E-state index in [1.54, 1.807) is 13.8 Å². The number of rotatable bonds is 6. The summed E-state index contributed by atoms with van der Waals surface area (Å²) in [5.74, 6) is 0.742. The zero-order chi connectivity index (χ0) is 11.1. The highest BCUT2D eigenvalue weighted by molar-refractivity contribution is 7.48. The molecule has 0 aromatic carbocycles. The molecule has 0 unspecified atom stereocenters. The zero-order valence-corrected chi connectivity index (χ0v) is 10.3. The van der Waals surface area contributed by atoms with Gasteiger partial charge in [0, 0.05) is 6.42 Å². The summed E-state index contributed by atoms with van der Waals surface area (Å²) in [6.45, 7) is 4.18. The zero-order valence-electron chi connectivity index (χ0n) is 9.40. The van der Waals surface area contributed by atoms with Gasteiger partial charge in [-0.3, -0.25) is 9.05 Å². The van der Waals surface area contributed by atoms with Gasteiger partial charge in [-0.15, -0.1) is 0 Å². The van der Waals surface area contributed by atoms with E-state index in [-0.39, 0.29) is 0 Å². The van der Waals surface area contributed by atoms with Crippen LogP contribution in [0.15, 0.2) is 11.8 Å². The predicted molar refractivity (Wildman–Crippen MR) is 58.5 cm³/mol. The standard InChI is InChI=1S/C10H19O4P/c1-3-12-15(11,13-4-2)14-10-8-6-5-7-9-10/h8H,3-7,9H2,1-2H3. The van der Waals surface area contributed by atoms with E-state index in [1.807, 2.05) is 6.08 Å².